The second-order valence-corrected chi connectivity index (χ2v) is 5.32. The lowest BCUT2D eigenvalue weighted by Gasteiger charge is -2.26. The first kappa shape index (κ1) is 12.6. The van der Waals surface area contributed by atoms with Crippen molar-refractivity contribution >= 4 is 22.2 Å². The lowest BCUT2D eigenvalue weighted by molar-refractivity contribution is 0.112. The molecular weight excluding hydrogens is 282 g/mol. The average Bonchev–Trinajstić information content (AvgIpc) is 2.36. The van der Waals surface area contributed by atoms with E-state index in [1.807, 2.05) is 0 Å². The van der Waals surface area contributed by atoms with E-state index in [1.165, 1.54) is 19.3 Å². The molecule has 1 heterocycles. The van der Waals surface area contributed by atoms with Crippen molar-refractivity contribution in [2.45, 2.75) is 25.8 Å². The zero-order chi connectivity index (χ0) is 12.3. The number of nitrogens with zero attached hydrogens (tertiary/aromatic N) is 1. The van der Waals surface area contributed by atoms with Crippen molar-refractivity contribution in [2.75, 3.05) is 13.1 Å². The molecule has 3 nitrogen and oxygen atoms in total. The third-order valence-electron chi connectivity index (χ3n) is 3.14. The lowest BCUT2D eigenvalue weighted by Crippen LogP contribution is -2.29. The molecule has 1 aromatic carbocycles. The summed E-state index contributed by atoms with van der Waals surface area (Å²) in [5.41, 5.74) is 1.42. The molecule has 1 saturated heterocycles. The molecule has 0 radical (unpaired) electrons. The number of piperidine rings is 1. The van der Waals surface area contributed by atoms with Gasteiger partial charge in [0.25, 0.3) is 0 Å². The van der Waals surface area contributed by atoms with Gasteiger partial charge in [0.1, 0.15) is 12.0 Å². The number of hydrogen-bond acceptors (Lipinski definition) is 3. The molecule has 0 aromatic heterocycles. The molecule has 1 N–H and O–H groups in total. The summed E-state index contributed by atoms with van der Waals surface area (Å²) in [6.07, 6.45) is 4.54. The maximum Gasteiger partial charge on any atom is 0.150 e. The maximum atomic E-state index is 10.8. The monoisotopic (exact) mass is 297 g/mol. The summed E-state index contributed by atoms with van der Waals surface area (Å²) in [6, 6.07) is 3.41. The average molecular weight is 298 g/mol. The van der Waals surface area contributed by atoms with E-state index in [2.05, 4.69) is 20.8 Å². The Hall–Kier alpha value is -0.870. The van der Waals surface area contributed by atoms with E-state index in [0.717, 1.165) is 24.9 Å². The number of benzene rings is 1. The van der Waals surface area contributed by atoms with E-state index in [0.29, 0.717) is 16.6 Å². The summed E-state index contributed by atoms with van der Waals surface area (Å²) < 4.78 is 0.592. The molecule has 92 valence electrons. The second kappa shape index (κ2) is 5.65. The van der Waals surface area contributed by atoms with Gasteiger partial charge in [-0.2, -0.15) is 0 Å². The van der Waals surface area contributed by atoms with Gasteiger partial charge in [-0.1, -0.05) is 6.42 Å². The number of aldehydes is 1. The van der Waals surface area contributed by atoms with Gasteiger partial charge in [0.15, 0.2) is 0 Å². The zero-order valence-electron chi connectivity index (χ0n) is 9.66. The van der Waals surface area contributed by atoms with Crippen molar-refractivity contribution < 1.29 is 9.90 Å². The molecule has 1 aromatic rings. The van der Waals surface area contributed by atoms with Crippen LogP contribution in [0.2, 0.25) is 0 Å². The van der Waals surface area contributed by atoms with Gasteiger partial charge in [0.2, 0.25) is 0 Å². The summed E-state index contributed by atoms with van der Waals surface area (Å²) in [7, 11) is 0. The number of aromatic hydroxyl groups is 1. The third-order valence-corrected chi connectivity index (χ3v) is 3.75. The number of halogens is 1. The highest BCUT2D eigenvalue weighted by atomic mass is 79.9. The van der Waals surface area contributed by atoms with Crippen LogP contribution in [0, 0.1) is 0 Å². The van der Waals surface area contributed by atoms with Crippen molar-refractivity contribution in [3.05, 3.63) is 27.7 Å². The summed E-state index contributed by atoms with van der Waals surface area (Å²) in [4.78, 5) is 13.1. The van der Waals surface area contributed by atoms with Crippen LogP contribution in [0.4, 0.5) is 0 Å². The molecule has 0 amide bonds. The minimum atomic E-state index is 0.251. The van der Waals surface area contributed by atoms with Gasteiger partial charge in [-0.3, -0.25) is 9.69 Å². The lowest BCUT2D eigenvalue weighted by atomic mass is 10.1. The SMILES string of the molecule is O=Cc1cc(Br)c(O)c(CN2CCCCC2)c1. The number of likely N-dealkylation sites (tertiary alicyclic amines) is 1. The zero-order valence-corrected chi connectivity index (χ0v) is 11.2. The molecule has 4 heteroatoms. The van der Waals surface area contributed by atoms with Gasteiger partial charge < -0.3 is 5.11 Å². The second-order valence-electron chi connectivity index (χ2n) is 4.47. The van der Waals surface area contributed by atoms with Crippen molar-refractivity contribution in [1.82, 2.24) is 4.90 Å². The highest BCUT2D eigenvalue weighted by molar-refractivity contribution is 9.10. The Balaban J connectivity index is 2.18. The van der Waals surface area contributed by atoms with Crippen LogP contribution in [0.15, 0.2) is 16.6 Å². The van der Waals surface area contributed by atoms with Gasteiger partial charge in [0, 0.05) is 17.7 Å². The molecule has 0 unspecified atom stereocenters. The topological polar surface area (TPSA) is 40.5 Å². The minimum Gasteiger partial charge on any atom is -0.506 e. The summed E-state index contributed by atoms with van der Waals surface area (Å²) in [5, 5.41) is 9.96. The molecule has 1 aliphatic rings. The molecule has 0 atom stereocenters. The Kier molecular flexibility index (Phi) is 4.18. The first-order valence-electron chi connectivity index (χ1n) is 5.89. The molecular formula is C13H16BrNO2. The Morgan fingerprint density at radius 3 is 2.65 bits per heavy atom. The first-order valence-corrected chi connectivity index (χ1v) is 6.69. The molecule has 0 saturated carbocycles. The smallest absolute Gasteiger partial charge is 0.150 e. The van der Waals surface area contributed by atoms with Gasteiger partial charge in [-0.15, -0.1) is 0 Å². The van der Waals surface area contributed by atoms with Crippen LogP contribution in [0.1, 0.15) is 35.2 Å². The number of carbonyl (C=O) groups excluding carboxylic acids is 1. The predicted octanol–water partition coefficient (Wildman–Crippen LogP) is 2.95. The predicted molar refractivity (Wildman–Crippen MR) is 70.3 cm³/mol. The molecule has 0 bridgehead atoms. The Labute approximate surface area is 110 Å². The Morgan fingerprint density at radius 2 is 2.00 bits per heavy atom. The van der Waals surface area contributed by atoms with Gasteiger partial charge in [-0.05, 0) is 54.0 Å². The standard InChI is InChI=1S/C13H16BrNO2/c14-12-7-10(9-16)6-11(13(12)17)8-15-4-2-1-3-5-15/h6-7,9,17H,1-5,8H2. The van der Waals surface area contributed by atoms with Crippen molar-refractivity contribution in [2.24, 2.45) is 0 Å². The van der Waals surface area contributed by atoms with Crippen LogP contribution in [0.25, 0.3) is 0 Å². The van der Waals surface area contributed by atoms with Gasteiger partial charge in [0.05, 0.1) is 4.47 Å². The molecule has 17 heavy (non-hydrogen) atoms. The summed E-state index contributed by atoms with van der Waals surface area (Å²) >= 11 is 3.28. The van der Waals surface area contributed by atoms with E-state index in [4.69, 9.17) is 0 Å². The molecule has 0 aliphatic carbocycles. The fourth-order valence-corrected chi connectivity index (χ4v) is 2.75. The van der Waals surface area contributed by atoms with Gasteiger partial charge >= 0.3 is 0 Å². The van der Waals surface area contributed by atoms with Crippen molar-refractivity contribution in [3.8, 4) is 5.75 Å². The molecule has 1 aliphatic heterocycles. The largest absolute Gasteiger partial charge is 0.506 e. The number of phenolic OH excluding ortho intramolecular Hbond substituents is 1. The maximum absolute atomic E-state index is 10.8. The highest BCUT2D eigenvalue weighted by Gasteiger charge is 2.14. The van der Waals surface area contributed by atoms with Crippen molar-refractivity contribution in [3.63, 3.8) is 0 Å². The summed E-state index contributed by atoms with van der Waals surface area (Å²) in [6.45, 7) is 2.86. The Bertz CT molecular complexity index is 414. The van der Waals surface area contributed by atoms with Crippen LogP contribution in [0.3, 0.4) is 0 Å². The van der Waals surface area contributed by atoms with E-state index in [1.54, 1.807) is 12.1 Å². The highest BCUT2D eigenvalue weighted by Crippen LogP contribution is 2.30. The normalized spacial score (nSPS) is 17.0. The fourth-order valence-electron chi connectivity index (χ4n) is 2.23. The fraction of sp³-hybridized carbons (Fsp3) is 0.462. The Morgan fingerprint density at radius 1 is 1.29 bits per heavy atom. The molecule has 1 fully saturated rings. The van der Waals surface area contributed by atoms with Crippen LogP contribution < -0.4 is 0 Å². The van der Waals surface area contributed by atoms with E-state index < -0.39 is 0 Å². The van der Waals surface area contributed by atoms with E-state index in [9.17, 15) is 9.90 Å². The van der Waals surface area contributed by atoms with Crippen molar-refractivity contribution in [1.29, 1.82) is 0 Å². The van der Waals surface area contributed by atoms with Crippen LogP contribution in [-0.4, -0.2) is 29.4 Å². The number of rotatable bonds is 3. The summed E-state index contributed by atoms with van der Waals surface area (Å²) in [5.74, 6) is 0.251. The van der Waals surface area contributed by atoms with Gasteiger partial charge in [-0.25, -0.2) is 0 Å². The van der Waals surface area contributed by atoms with E-state index >= 15 is 0 Å². The minimum absolute atomic E-state index is 0.251. The van der Waals surface area contributed by atoms with Crippen LogP contribution >= 0.6 is 15.9 Å². The van der Waals surface area contributed by atoms with E-state index in [-0.39, 0.29) is 5.75 Å². The molecule has 0 spiro atoms. The van der Waals surface area contributed by atoms with Crippen LogP contribution in [0.5, 0.6) is 5.75 Å². The number of hydrogen-bond donors (Lipinski definition) is 1. The third kappa shape index (κ3) is 3.07. The quantitative estimate of drug-likeness (QED) is 0.872. The first-order chi connectivity index (χ1) is 8.20. The number of phenols is 1. The van der Waals surface area contributed by atoms with Crippen LogP contribution in [-0.2, 0) is 6.54 Å². The number of carbonyl (C=O) groups is 1. The molecule has 2 rings (SSSR count).